The standard InChI is InChI=1S/C21H25N3O4/c1-14(17-12-15-8-4-5-9-16(15)28-17)22-18(25)13-24-19(26)21(23-20(24)27)10-6-2-3-7-11-21/h4-5,8-9,12,14H,2-3,6-7,10-11,13H2,1H3,(H,22,25)(H,23,27)/t14-/m1/s1. The highest BCUT2D eigenvalue weighted by Gasteiger charge is 2.51. The van der Waals surface area contributed by atoms with Gasteiger partial charge in [0.2, 0.25) is 5.91 Å². The van der Waals surface area contributed by atoms with E-state index in [-0.39, 0.29) is 24.4 Å². The van der Waals surface area contributed by atoms with Crippen LogP contribution in [-0.2, 0) is 9.59 Å². The highest BCUT2D eigenvalue weighted by molar-refractivity contribution is 6.09. The minimum absolute atomic E-state index is 0.272. The van der Waals surface area contributed by atoms with E-state index in [4.69, 9.17) is 4.42 Å². The number of carbonyl (C=O) groups is 3. The quantitative estimate of drug-likeness (QED) is 0.793. The maximum atomic E-state index is 12.9. The second-order valence-electron chi connectivity index (χ2n) is 7.79. The molecule has 2 aromatic rings. The number of nitrogens with one attached hydrogen (secondary N) is 2. The van der Waals surface area contributed by atoms with Crippen LogP contribution >= 0.6 is 0 Å². The molecule has 0 unspecified atom stereocenters. The average molecular weight is 383 g/mol. The molecule has 7 heteroatoms. The molecule has 2 N–H and O–H groups in total. The molecule has 2 fully saturated rings. The number of imide groups is 1. The fourth-order valence-electron chi connectivity index (χ4n) is 4.21. The molecule has 1 saturated heterocycles. The lowest BCUT2D eigenvalue weighted by atomic mass is 9.90. The highest BCUT2D eigenvalue weighted by atomic mass is 16.3. The Morgan fingerprint density at radius 1 is 1.21 bits per heavy atom. The Kier molecular flexibility index (Phi) is 4.83. The molecular formula is C21H25N3O4. The number of amides is 4. The summed E-state index contributed by atoms with van der Waals surface area (Å²) >= 11 is 0. The van der Waals surface area contributed by atoms with Gasteiger partial charge in [0.1, 0.15) is 23.4 Å². The van der Waals surface area contributed by atoms with Crippen LogP contribution in [0.1, 0.15) is 57.3 Å². The van der Waals surface area contributed by atoms with Crippen molar-refractivity contribution in [3.8, 4) is 0 Å². The third-order valence-electron chi connectivity index (χ3n) is 5.75. The first-order valence-electron chi connectivity index (χ1n) is 9.90. The molecule has 1 aromatic heterocycles. The maximum absolute atomic E-state index is 12.9. The Hall–Kier alpha value is -2.83. The van der Waals surface area contributed by atoms with E-state index in [1.807, 2.05) is 37.3 Å². The number of carbonyl (C=O) groups excluding carboxylic acids is 3. The molecule has 1 aliphatic carbocycles. The zero-order chi connectivity index (χ0) is 19.7. The van der Waals surface area contributed by atoms with Crippen LogP contribution in [0.5, 0.6) is 0 Å². The number of hydrogen-bond donors (Lipinski definition) is 2. The number of hydrogen-bond acceptors (Lipinski definition) is 4. The number of para-hydroxylation sites is 1. The van der Waals surface area contributed by atoms with Crippen LogP contribution in [0.25, 0.3) is 11.0 Å². The summed E-state index contributed by atoms with van der Waals surface area (Å²) in [5, 5.41) is 6.64. The number of benzene rings is 1. The zero-order valence-electron chi connectivity index (χ0n) is 16.0. The molecule has 28 heavy (non-hydrogen) atoms. The van der Waals surface area contributed by atoms with Crippen LogP contribution in [0.3, 0.4) is 0 Å². The number of nitrogens with zero attached hydrogens (tertiary/aromatic N) is 1. The fourth-order valence-corrected chi connectivity index (χ4v) is 4.21. The van der Waals surface area contributed by atoms with Gasteiger partial charge in [-0.05, 0) is 31.9 Å². The second kappa shape index (κ2) is 7.30. The predicted molar refractivity (Wildman–Crippen MR) is 103 cm³/mol. The van der Waals surface area contributed by atoms with Crippen molar-refractivity contribution in [2.24, 2.45) is 0 Å². The molecule has 1 aromatic carbocycles. The number of urea groups is 1. The SMILES string of the molecule is C[C@@H](NC(=O)CN1C(=O)NC2(CCCCCC2)C1=O)c1cc2ccccc2o1. The summed E-state index contributed by atoms with van der Waals surface area (Å²) in [6, 6.07) is 8.66. The topological polar surface area (TPSA) is 91.7 Å². The lowest BCUT2D eigenvalue weighted by Gasteiger charge is -2.24. The van der Waals surface area contributed by atoms with E-state index in [1.54, 1.807) is 0 Å². The van der Waals surface area contributed by atoms with Gasteiger partial charge in [-0.2, -0.15) is 0 Å². The average Bonchev–Trinajstić information content (AvgIpc) is 3.09. The van der Waals surface area contributed by atoms with Crippen molar-refractivity contribution >= 4 is 28.8 Å². The zero-order valence-corrected chi connectivity index (χ0v) is 16.0. The lowest BCUT2D eigenvalue weighted by molar-refractivity contribution is -0.135. The summed E-state index contributed by atoms with van der Waals surface area (Å²) in [4.78, 5) is 38.8. The van der Waals surface area contributed by atoms with Crippen molar-refractivity contribution < 1.29 is 18.8 Å². The molecule has 1 atom stereocenters. The van der Waals surface area contributed by atoms with Gasteiger partial charge in [0.05, 0.1) is 6.04 Å². The van der Waals surface area contributed by atoms with Gasteiger partial charge in [-0.25, -0.2) is 4.79 Å². The first-order valence-corrected chi connectivity index (χ1v) is 9.90. The summed E-state index contributed by atoms with van der Waals surface area (Å²) in [6.45, 7) is 1.53. The van der Waals surface area contributed by atoms with Gasteiger partial charge >= 0.3 is 6.03 Å². The van der Waals surface area contributed by atoms with Crippen molar-refractivity contribution in [1.82, 2.24) is 15.5 Å². The van der Waals surface area contributed by atoms with E-state index in [0.29, 0.717) is 18.6 Å². The van der Waals surface area contributed by atoms with Crippen molar-refractivity contribution in [2.75, 3.05) is 6.54 Å². The van der Waals surface area contributed by atoms with Crippen molar-refractivity contribution in [3.05, 3.63) is 36.1 Å². The van der Waals surface area contributed by atoms with E-state index >= 15 is 0 Å². The van der Waals surface area contributed by atoms with Crippen LogP contribution in [-0.4, -0.2) is 34.8 Å². The van der Waals surface area contributed by atoms with Crippen molar-refractivity contribution in [2.45, 2.75) is 57.0 Å². The van der Waals surface area contributed by atoms with Gasteiger partial charge in [0.15, 0.2) is 0 Å². The van der Waals surface area contributed by atoms with Crippen LogP contribution in [0.15, 0.2) is 34.7 Å². The maximum Gasteiger partial charge on any atom is 0.325 e. The Labute approximate surface area is 163 Å². The van der Waals surface area contributed by atoms with E-state index in [2.05, 4.69) is 10.6 Å². The van der Waals surface area contributed by atoms with Crippen LogP contribution in [0, 0.1) is 0 Å². The Balaban J connectivity index is 1.41. The van der Waals surface area contributed by atoms with Crippen LogP contribution < -0.4 is 10.6 Å². The lowest BCUT2D eigenvalue weighted by Crippen LogP contribution is -2.47. The second-order valence-corrected chi connectivity index (χ2v) is 7.79. The van der Waals surface area contributed by atoms with Gasteiger partial charge < -0.3 is 15.1 Å². The van der Waals surface area contributed by atoms with E-state index < -0.39 is 11.6 Å². The molecule has 2 aliphatic rings. The number of fused-ring (bicyclic) bond motifs is 1. The molecule has 2 heterocycles. The van der Waals surface area contributed by atoms with E-state index in [0.717, 1.165) is 41.6 Å². The molecule has 1 saturated carbocycles. The Morgan fingerprint density at radius 2 is 1.93 bits per heavy atom. The molecule has 1 spiro atoms. The Morgan fingerprint density at radius 3 is 2.64 bits per heavy atom. The Bertz CT molecular complexity index is 878. The summed E-state index contributed by atoms with van der Waals surface area (Å²) in [6.07, 6.45) is 5.25. The predicted octanol–water partition coefficient (Wildman–Crippen LogP) is 3.25. The van der Waals surface area contributed by atoms with E-state index in [1.165, 1.54) is 0 Å². The molecule has 1 aliphatic heterocycles. The summed E-state index contributed by atoms with van der Waals surface area (Å²) in [5.41, 5.74) is -0.0684. The molecule has 0 bridgehead atoms. The minimum Gasteiger partial charge on any atom is -0.459 e. The summed E-state index contributed by atoms with van der Waals surface area (Å²) < 4.78 is 5.77. The van der Waals surface area contributed by atoms with Crippen LogP contribution in [0.2, 0.25) is 0 Å². The molecule has 7 nitrogen and oxygen atoms in total. The summed E-state index contributed by atoms with van der Waals surface area (Å²) in [7, 11) is 0. The first-order chi connectivity index (χ1) is 13.5. The van der Waals surface area contributed by atoms with E-state index in [9.17, 15) is 14.4 Å². The first kappa shape index (κ1) is 18.5. The smallest absolute Gasteiger partial charge is 0.325 e. The molecule has 148 valence electrons. The van der Waals surface area contributed by atoms with Crippen LogP contribution in [0.4, 0.5) is 4.79 Å². The highest BCUT2D eigenvalue weighted by Crippen LogP contribution is 2.32. The minimum atomic E-state index is -0.821. The monoisotopic (exact) mass is 383 g/mol. The van der Waals surface area contributed by atoms with Crippen molar-refractivity contribution in [3.63, 3.8) is 0 Å². The molecule has 4 rings (SSSR count). The van der Waals surface area contributed by atoms with Gasteiger partial charge in [-0.15, -0.1) is 0 Å². The van der Waals surface area contributed by atoms with Gasteiger partial charge in [-0.1, -0.05) is 43.9 Å². The largest absolute Gasteiger partial charge is 0.459 e. The van der Waals surface area contributed by atoms with Crippen molar-refractivity contribution in [1.29, 1.82) is 0 Å². The van der Waals surface area contributed by atoms with Gasteiger partial charge in [0.25, 0.3) is 5.91 Å². The van der Waals surface area contributed by atoms with Gasteiger partial charge in [0, 0.05) is 5.39 Å². The fraction of sp³-hybridized carbons (Fsp3) is 0.476. The number of rotatable bonds is 4. The third-order valence-corrected chi connectivity index (χ3v) is 5.75. The normalized spacial score (nSPS) is 20.2. The molecule has 0 radical (unpaired) electrons. The van der Waals surface area contributed by atoms with Gasteiger partial charge in [-0.3, -0.25) is 14.5 Å². The summed E-state index contributed by atoms with van der Waals surface area (Å²) in [5.74, 6) is -0.0277. The number of furan rings is 1. The third kappa shape index (κ3) is 3.37. The molecular weight excluding hydrogens is 358 g/mol. The molecule has 4 amide bonds.